The summed E-state index contributed by atoms with van der Waals surface area (Å²) in [5, 5.41) is 19.6. The first-order valence-electron chi connectivity index (χ1n) is 7.97. The Morgan fingerprint density at radius 2 is 1.79 bits per heavy atom. The summed E-state index contributed by atoms with van der Waals surface area (Å²) in [7, 11) is 0. The molecule has 1 heterocycles. The molecule has 0 spiro atoms. The van der Waals surface area contributed by atoms with Gasteiger partial charge in [-0.2, -0.15) is 10.5 Å². The second-order valence-electron chi connectivity index (χ2n) is 5.77. The molecule has 0 aliphatic heterocycles. The minimum atomic E-state index is -0.669. The molecule has 6 nitrogen and oxygen atoms in total. The largest absolute Gasteiger partial charge is 0.488 e. The van der Waals surface area contributed by atoms with E-state index in [1.165, 1.54) is 0 Å². The third-order valence-corrected chi connectivity index (χ3v) is 4.73. The number of aromatic amines is 1. The minimum absolute atomic E-state index is 0.00518. The fourth-order valence-corrected chi connectivity index (χ4v) is 3.16. The highest BCUT2D eigenvalue weighted by Crippen LogP contribution is 2.37. The fourth-order valence-electron chi connectivity index (χ4n) is 2.68. The molecule has 0 amide bonds. The molecule has 3 rings (SSSR count). The van der Waals surface area contributed by atoms with Gasteiger partial charge >= 0.3 is 0 Å². The van der Waals surface area contributed by atoms with Crippen molar-refractivity contribution in [2.45, 2.75) is 6.61 Å². The number of halogens is 2. The molecule has 8 heteroatoms. The molecule has 0 atom stereocenters. The first-order valence-corrected chi connectivity index (χ1v) is 9.14. The van der Waals surface area contributed by atoms with Gasteiger partial charge in [0.15, 0.2) is 0 Å². The zero-order valence-corrected chi connectivity index (χ0v) is 16.6. The second kappa shape index (κ2) is 8.18. The van der Waals surface area contributed by atoms with Crippen molar-refractivity contribution >= 4 is 33.3 Å². The SMILES string of the molecule is N#Cc1c(N)[nH]c(=O)c(C#N)c1-c1cc(Br)ccc1OCc1ccc(Cl)cc1. The smallest absolute Gasteiger partial charge is 0.268 e. The van der Waals surface area contributed by atoms with E-state index in [4.69, 9.17) is 22.1 Å². The lowest BCUT2D eigenvalue weighted by Gasteiger charge is -2.15. The number of benzene rings is 2. The van der Waals surface area contributed by atoms with Crippen molar-refractivity contribution in [1.29, 1.82) is 10.5 Å². The van der Waals surface area contributed by atoms with Gasteiger partial charge in [0.05, 0.1) is 0 Å². The molecule has 0 fully saturated rings. The van der Waals surface area contributed by atoms with E-state index in [0.29, 0.717) is 20.8 Å². The van der Waals surface area contributed by atoms with E-state index in [-0.39, 0.29) is 29.1 Å². The number of aromatic nitrogens is 1. The number of ether oxygens (including phenoxy) is 1. The van der Waals surface area contributed by atoms with Gasteiger partial charge in [0.25, 0.3) is 5.56 Å². The Labute approximate surface area is 173 Å². The predicted molar refractivity (Wildman–Crippen MR) is 110 cm³/mol. The maximum Gasteiger partial charge on any atom is 0.268 e. The molecule has 1 aromatic heterocycles. The Morgan fingerprint density at radius 1 is 1.11 bits per heavy atom. The van der Waals surface area contributed by atoms with Crippen LogP contribution >= 0.6 is 27.5 Å². The summed E-state index contributed by atoms with van der Waals surface area (Å²) in [6.45, 7) is 0.230. The van der Waals surface area contributed by atoms with Crippen LogP contribution < -0.4 is 16.0 Å². The molecule has 0 bridgehead atoms. The van der Waals surface area contributed by atoms with Crippen molar-refractivity contribution in [3.63, 3.8) is 0 Å². The summed E-state index contributed by atoms with van der Waals surface area (Å²) in [4.78, 5) is 14.5. The number of H-pyrrole nitrogens is 1. The molecule has 3 N–H and O–H groups in total. The van der Waals surface area contributed by atoms with Gasteiger partial charge in [-0.3, -0.25) is 4.79 Å². The van der Waals surface area contributed by atoms with Crippen LogP contribution in [0.3, 0.4) is 0 Å². The molecule has 0 aliphatic carbocycles. The van der Waals surface area contributed by atoms with Gasteiger partial charge in [-0.15, -0.1) is 0 Å². The van der Waals surface area contributed by atoms with E-state index in [2.05, 4.69) is 20.9 Å². The van der Waals surface area contributed by atoms with Crippen LogP contribution in [0.15, 0.2) is 51.7 Å². The van der Waals surface area contributed by atoms with Gasteiger partial charge in [-0.05, 0) is 35.9 Å². The Bertz CT molecular complexity index is 1190. The Balaban J connectivity index is 2.15. The zero-order chi connectivity index (χ0) is 20.3. The summed E-state index contributed by atoms with van der Waals surface area (Å²) >= 11 is 9.27. The van der Waals surface area contributed by atoms with Gasteiger partial charge < -0.3 is 15.5 Å². The van der Waals surface area contributed by atoms with Crippen molar-refractivity contribution < 1.29 is 4.74 Å². The lowest BCUT2D eigenvalue weighted by Crippen LogP contribution is -2.16. The highest BCUT2D eigenvalue weighted by Gasteiger charge is 2.21. The van der Waals surface area contributed by atoms with Crippen molar-refractivity contribution in [3.8, 4) is 29.0 Å². The van der Waals surface area contributed by atoms with E-state index in [0.717, 1.165) is 5.56 Å². The van der Waals surface area contributed by atoms with E-state index in [1.807, 2.05) is 24.3 Å². The first-order chi connectivity index (χ1) is 13.4. The highest BCUT2D eigenvalue weighted by molar-refractivity contribution is 9.10. The van der Waals surface area contributed by atoms with Crippen LogP contribution in [-0.2, 0) is 6.61 Å². The van der Waals surface area contributed by atoms with Gasteiger partial charge in [0.1, 0.15) is 41.4 Å². The predicted octanol–water partition coefficient (Wildman–Crippen LogP) is 4.36. The van der Waals surface area contributed by atoms with Crippen LogP contribution in [0.2, 0.25) is 5.02 Å². The van der Waals surface area contributed by atoms with Crippen LogP contribution in [0.5, 0.6) is 5.75 Å². The maximum absolute atomic E-state index is 12.2. The normalized spacial score (nSPS) is 10.1. The molecule has 0 radical (unpaired) electrons. The molecule has 28 heavy (non-hydrogen) atoms. The van der Waals surface area contributed by atoms with Gasteiger partial charge in [-0.25, -0.2) is 0 Å². The van der Waals surface area contributed by atoms with Crippen molar-refractivity contribution in [2.75, 3.05) is 5.73 Å². The van der Waals surface area contributed by atoms with Crippen molar-refractivity contribution in [2.24, 2.45) is 0 Å². The molecular formula is C20H12BrClN4O2. The molecule has 0 unspecified atom stereocenters. The number of rotatable bonds is 4. The number of pyridine rings is 1. The van der Waals surface area contributed by atoms with Crippen LogP contribution in [0.1, 0.15) is 16.7 Å². The molecule has 0 saturated carbocycles. The van der Waals surface area contributed by atoms with Crippen molar-refractivity contribution in [3.05, 3.63) is 79.0 Å². The summed E-state index contributed by atoms with van der Waals surface area (Å²) < 4.78 is 6.60. The number of nitrogens with two attached hydrogens (primary N) is 1. The van der Waals surface area contributed by atoms with E-state index in [1.54, 1.807) is 30.3 Å². The van der Waals surface area contributed by atoms with Crippen LogP contribution in [0.25, 0.3) is 11.1 Å². The van der Waals surface area contributed by atoms with Gasteiger partial charge in [0, 0.05) is 20.6 Å². The standard InChI is InChI=1S/C20H12BrClN4O2/c21-12-3-6-17(28-10-11-1-4-13(22)5-2-11)14(7-12)18-15(8-23)19(25)26-20(27)16(18)9-24/h1-7H,10H2,(H3,25,26,27). The maximum atomic E-state index is 12.2. The summed E-state index contributed by atoms with van der Waals surface area (Å²) in [5.74, 6) is 0.293. The van der Waals surface area contributed by atoms with Crippen molar-refractivity contribution in [1.82, 2.24) is 4.98 Å². The van der Waals surface area contributed by atoms with E-state index >= 15 is 0 Å². The average molecular weight is 456 g/mol. The topological polar surface area (TPSA) is 116 Å². The number of nitrogens with zero attached hydrogens (tertiary/aromatic N) is 2. The summed E-state index contributed by atoms with van der Waals surface area (Å²) in [6, 6.07) is 16.1. The van der Waals surface area contributed by atoms with E-state index in [9.17, 15) is 15.3 Å². The lowest BCUT2D eigenvalue weighted by molar-refractivity contribution is 0.307. The third-order valence-electron chi connectivity index (χ3n) is 3.99. The number of hydrogen-bond donors (Lipinski definition) is 2. The quantitative estimate of drug-likeness (QED) is 0.606. The molecule has 3 aromatic rings. The number of nitriles is 2. The third kappa shape index (κ3) is 3.86. The highest BCUT2D eigenvalue weighted by atomic mass is 79.9. The molecule has 0 aliphatic rings. The number of nitrogens with one attached hydrogen (secondary N) is 1. The molecule has 2 aromatic carbocycles. The second-order valence-corrected chi connectivity index (χ2v) is 7.12. The first kappa shape index (κ1) is 19.5. The zero-order valence-electron chi connectivity index (χ0n) is 14.3. The van der Waals surface area contributed by atoms with Crippen LogP contribution in [0.4, 0.5) is 5.82 Å². The fraction of sp³-hybridized carbons (Fsp3) is 0.0500. The average Bonchev–Trinajstić information content (AvgIpc) is 2.67. The number of nitrogen functional groups attached to an aromatic ring is 1. The van der Waals surface area contributed by atoms with Gasteiger partial charge in [0.2, 0.25) is 0 Å². The van der Waals surface area contributed by atoms with Gasteiger partial charge in [-0.1, -0.05) is 39.7 Å². The summed E-state index contributed by atoms with van der Waals surface area (Å²) in [5.41, 5.74) is 6.36. The number of anilines is 1. The Morgan fingerprint density at radius 3 is 2.43 bits per heavy atom. The Hall–Kier alpha value is -3.26. The molecule has 138 valence electrons. The molecular weight excluding hydrogens is 444 g/mol. The lowest BCUT2D eigenvalue weighted by atomic mass is 9.96. The van der Waals surface area contributed by atoms with E-state index < -0.39 is 5.56 Å². The Kier molecular flexibility index (Phi) is 5.70. The monoisotopic (exact) mass is 454 g/mol. The molecule has 0 saturated heterocycles. The summed E-state index contributed by atoms with van der Waals surface area (Å²) in [6.07, 6.45) is 0. The van der Waals surface area contributed by atoms with Crippen LogP contribution in [-0.4, -0.2) is 4.98 Å². The van der Waals surface area contributed by atoms with Crippen LogP contribution in [0, 0.1) is 22.7 Å². The minimum Gasteiger partial charge on any atom is -0.488 e. The number of hydrogen-bond acceptors (Lipinski definition) is 5.